The van der Waals surface area contributed by atoms with E-state index in [1.165, 1.54) is 0 Å². The summed E-state index contributed by atoms with van der Waals surface area (Å²) in [5.74, 6) is 1.69. The van der Waals surface area contributed by atoms with Crippen LogP contribution in [-0.2, 0) is 15.9 Å². The van der Waals surface area contributed by atoms with E-state index in [9.17, 15) is 4.79 Å². The third-order valence-corrected chi connectivity index (χ3v) is 4.04. The lowest BCUT2D eigenvalue weighted by atomic mass is 10.2. The van der Waals surface area contributed by atoms with Gasteiger partial charge in [0.2, 0.25) is 0 Å². The van der Waals surface area contributed by atoms with Crippen molar-refractivity contribution in [3.05, 3.63) is 24.2 Å². The summed E-state index contributed by atoms with van der Waals surface area (Å²) in [5.41, 5.74) is -0.484. The number of halogens is 1. The fourth-order valence-corrected chi connectivity index (χ4v) is 2.71. The Morgan fingerprint density at radius 3 is 2.66 bits per heavy atom. The van der Waals surface area contributed by atoms with Crippen molar-refractivity contribution in [2.75, 3.05) is 32.8 Å². The molecule has 1 saturated heterocycles. The van der Waals surface area contributed by atoms with Gasteiger partial charge >= 0.3 is 6.09 Å². The molecule has 9 heteroatoms. The molecule has 8 nitrogen and oxygen atoms in total. The fourth-order valence-electron chi connectivity index (χ4n) is 2.71. The maximum atomic E-state index is 11.6. The molecule has 29 heavy (non-hydrogen) atoms. The Balaban J connectivity index is 0.00000420. The Morgan fingerprint density at radius 2 is 2.00 bits per heavy atom. The van der Waals surface area contributed by atoms with Crippen LogP contribution in [0.15, 0.2) is 27.8 Å². The van der Waals surface area contributed by atoms with Crippen LogP contribution in [0.4, 0.5) is 4.79 Å². The van der Waals surface area contributed by atoms with Gasteiger partial charge in [-0.25, -0.2) is 4.79 Å². The van der Waals surface area contributed by atoms with Crippen LogP contribution >= 0.6 is 24.0 Å². The molecule has 1 aromatic heterocycles. The summed E-state index contributed by atoms with van der Waals surface area (Å²) in [6, 6.07) is 3.85. The Kier molecular flexibility index (Phi) is 12.1. The van der Waals surface area contributed by atoms with E-state index in [0.29, 0.717) is 19.6 Å². The number of hydrogen-bond acceptors (Lipinski definition) is 5. The lowest BCUT2D eigenvalue weighted by Gasteiger charge is -2.19. The Bertz CT molecular complexity index is 596. The Hall–Kier alpha value is -1.49. The maximum absolute atomic E-state index is 11.6. The second-order valence-corrected chi connectivity index (χ2v) is 7.79. The summed E-state index contributed by atoms with van der Waals surface area (Å²) in [4.78, 5) is 16.3. The van der Waals surface area contributed by atoms with Crippen LogP contribution in [0.2, 0.25) is 0 Å². The molecule has 1 aliphatic rings. The van der Waals surface area contributed by atoms with Gasteiger partial charge in [0.15, 0.2) is 5.96 Å². The Labute approximate surface area is 190 Å². The van der Waals surface area contributed by atoms with Gasteiger partial charge in [-0.1, -0.05) is 0 Å². The molecule has 3 N–H and O–H groups in total. The monoisotopic (exact) mass is 522 g/mol. The largest absolute Gasteiger partial charge is 0.469 e. The number of hydrogen-bond donors (Lipinski definition) is 3. The molecule has 2 rings (SSSR count). The average Bonchev–Trinajstić information content (AvgIpc) is 3.31. The summed E-state index contributed by atoms with van der Waals surface area (Å²) in [7, 11) is 0. The molecule has 0 aliphatic carbocycles. The minimum atomic E-state index is -0.484. The zero-order valence-corrected chi connectivity index (χ0v) is 20.0. The molecule has 0 aromatic carbocycles. The van der Waals surface area contributed by atoms with Gasteiger partial charge in [-0.15, -0.1) is 24.0 Å². The Morgan fingerprint density at radius 1 is 1.24 bits per heavy atom. The van der Waals surface area contributed by atoms with E-state index < -0.39 is 11.7 Å². The van der Waals surface area contributed by atoms with Crippen LogP contribution in [0.1, 0.15) is 45.8 Å². The van der Waals surface area contributed by atoms with Crippen molar-refractivity contribution < 1.29 is 18.7 Å². The SMILES string of the molecule is CC(C)(C)OC(=O)NCCCNC(=NCC1CCCO1)NCCc1ccco1.I. The van der Waals surface area contributed by atoms with Gasteiger partial charge in [0.05, 0.1) is 18.9 Å². The van der Waals surface area contributed by atoms with Crippen molar-refractivity contribution in [1.82, 2.24) is 16.0 Å². The quantitative estimate of drug-likeness (QED) is 0.200. The molecule has 2 heterocycles. The number of amides is 1. The third-order valence-electron chi connectivity index (χ3n) is 4.04. The summed E-state index contributed by atoms with van der Waals surface area (Å²) >= 11 is 0. The number of alkyl carbamates (subject to hydrolysis) is 1. The second kappa shape index (κ2) is 13.7. The fraction of sp³-hybridized carbons (Fsp3) is 0.700. The first kappa shape index (κ1) is 25.5. The first-order valence-electron chi connectivity index (χ1n) is 10.1. The number of nitrogens with zero attached hydrogens (tertiary/aromatic N) is 1. The van der Waals surface area contributed by atoms with Crippen molar-refractivity contribution >= 4 is 36.0 Å². The van der Waals surface area contributed by atoms with E-state index in [-0.39, 0.29) is 30.1 Å². The van der Waals surface area contributed by atoms with E-state index >= 15 is 0 Å². The van der Waals surface area contributed by atoms with E-state index in [4.69, 9.17) is 13.9 Å². The lowest BCUT2D eigenvalue weighted by molar-refractivity contribution is 0.0527. The number of furan rings is 1. The third kappa shape index (κ3) is 11.9. The molecule has 0 bridgehead atoms. The maximum Gasteiger partial charge on any atom is 0.407 e. The van der Waals surface area contributed by atoms with Crippen LogP contribution in [0.3, 0.4) is 0 Å². The number of aliphatic imine (C=N–C) groups is 1. The lowest BCUT2D eigenvalue weighted by Crippen LogP contribution is -2.40. The van der Waals surface area contributed by atoms with Crippen LogP contribution in [-0.4, -0.2) is 56.5 Å². The van der Waals surface area contributed by atoms with Gasteiger partial charge in [-0.05, 0) is 52.2 Å². The standard InChI is InChI=1S/C20H34N4O4.HI/c1-20(2,3)28-19(25)23-11-6-10-21-18(24-15-17-8-5-14-27-17)22-12-9-16-7-4-13-26-16;/h4,7,13,17H,5-6,8-12,14-15H2,1-3H3,(H,23,25)(H2,21,22,24);1H. The molecule has 1 aliphatic heterocycles. The summed E-state index contributed by atoms with van der Waals surface area (Å²) in [6.07, 6.45) is 5.20. The van der Waals surface area contributed by atoms with Gasteiger partial charge in [-0.3, -0.25) is 4.99 Å². The highest BCUT2D eigenvalue weighted by Gasteiger charge is 2.16. The first-order valence-corrected chi connectivity index (χ1v) is 10.1. The van der Waals surface area contributed by atoms with Gasteiger partial charge in [0.1, 0.15) is 11.4 Å². The first-order chi connectivity index (χ1) is 13.4. The molecule has 1 fully saturated rings. The topological polar surface area (TPSA) is 97.1 Å². The van der Waals surface area contributed by atoms with Gasteiger partial charge < -0.3 is 29.8 Å². The molecule has 166 valence electrons. The van der Waals surface area contributed by atoms with Crippen molar-refractivity contribution in [3.63, 3.8) is 0 Å². The van der Waals surface area contributed by atoms with Crippen molar-refractivity contribution in [2.24, 2.45) is 4.99 Å². The zero-order valence-electron chi connectivity index (χ0n) is 17.7. The number of rotatable bonds is 9. The van der Waals surface area contributed by atoms with Crippen molar-refractivity contribution in [2.45, 2.75) is 58.2 Å². The van der Waals surface area contributed by atoms with Gasteiger partial charge in [-0.2, -0.15) is 0 Å². The van der Waals surface area contributed by atoms with Crippen molar-refractivity contribution in [3.8, 4) is 0 Å². The second-order valence-electron chi connectivity index (χ2n) is 7.79. The van der Waals surface area contributed by atoms with Gasteiger partial charge in [0.25, 0.3) is 0 Å². The van der Waals surface area contributed by atoms with Crippen molar-refractivity contribution in [1.29, 1.82) is 0 Å². The molecule has 1 atom stereocenters. The predicted molar refractivity (Wildman–Crippen MR) is 124 cm³/mol. The van der Waals surface area contributed by atoms with Crippen LogP contribution in [0.25, 0.3) is 0 Å². The molecular weight excluding hydrogens is 487 g/mol. The molecule has 1 unspecified atom stereocenters. The normalized spacial score (nSPS) is 16.8. The minimum absolute atomic E-state index is 0. The van der Waals surface area contributed by atoms with E-state index in [1.807, 2.05) is 32.9 Å². The van der Waals surface area contributed by atoms with Crippen LogP contribution < -0.4 is 16.0 Å². The average molecular weight is 522 g/mol. The van der Waals surface area contributed by atoms with Crippen LogP contribution in [0.5, 0.6) is 0 Å². The number of carbonyl (C=O) groups excluding carboxylic acids is 1. The van der Waals surface area contributed by atoms with E-state index in [2.05, 4.69) is 20.9 Å². The minimum Gasteiger partial charge on any atom is -0.469 e. The highest BCUT2D eigenvalue weighted by molar-refractivity contribution is 14.0. The summed E-state index contributed by atoms with van der Waals surface area (Å²) < 4.78 is 16.2. The number of nitrogens with one attached hydrogen (secondary N) is 3. The molecule has 1 aromatic rings. The van der Waals surface area contributed by atoms with Gasteiger partial charge in [0, 0.05) is 32.7 Å². The van der Waals surface area contributed by atoms with E-state index in [0.717, 1.165) is 50.6 Å². The highest BCUT2D eigenvalue weighted by atomic mass is 127. The van der Waals surface area contributed by atoms with Crippen LogP contribution in [0, 0.1) is 0 Å². The molecule has 0 saturated carbocycles. The number of guanidine groups is 1. The molecule has 0 spiro atoms. The smallest absolute Gasteiger partial charge is 0.407 e. The molecular formula is C20H35IN4O4. The summed E-state index contributed by atoms with van der Waals surface area (Å²) in [5, 5.41) is 9.39. The summed E-state index contributed by atoms with van der Waals surface area (Å²) in [6.45, 7) is 8.96. The van der Waals surface area contributed by atoms with E-state index in [1.54, 1.807) is 6.26 Å². The molecule has 1 amide bonds. The molecule has 0 radical (unpaired) electrons. The number of ether oxygens (including phenoxy) is 2. The zero-order chi connectivity index (χ0) is 20.2. The highest BCUT2D eigenvalue weighted by Crippen LogP contribution is 2.11. The predicted octanol–water partition coefficient (Wildman–Crippen LogP) is 3.07. The number of carbonyl (C=O) groups is 1.